The van der Waals surface area contributed by atoms with Gasteiger partial charge in [-0.3, -0.25) is 42.5 Å². The standard InChI is InChI=1S/C23H33ClN2O8S.C22H31ClN2O6/c1-15(9-20(27)16(2)25-21(28)7-5-6-8-22(29)33-3)23(30)26-19-11-17(13-24)10-18(12-19)14-34-35(4,31)32;1-14(22(30)25-18-10-16(12-23)9-17(11-18)13-26)8-19(27)15(2)24-20(28)6-4-5-7-21(29)31-3/h10-12,15-16H,5-9,13-14H2,1-4H3,(H,25,28)(H,26,30);9-11,14-15,26H,4-8,12-13H2,1-3H3,(H,24,28)(H,25,30)/t15-,16+;14-,15+/m11/s1. The van der Waals surface area contributed by atoms with E-state index in [-0.39, 0.29) is 105 Å². The minimum absolute atomic E-state index is 0.0301. The Hall–Kier alpha value is -4.95. The van der Waals surface area contributed by atoms with Crippen LogP contribution in [0.4, 0.5) is 11.4 Å². The second-order valence-corrected chi connectivity index (χ2v) is 17.9. The summed E-state index contributed by atoms with van der Waals surface area (Å²) in [5.41, 5.74) is 3.45. The summed E-state index contributed by atoms with van der Waals surface area (Å²) in [6.45, 7) is 5.97. The minimum atomic E-state index is -3.64. The maximum Gasteiger partial charge on any atom is 0.305 e. The number of Topliss-reactive ketones (excluding diaryl/α,β-unsaturated/α-hetero) is 2. The number of benzene rings is 2. The van der Waals surface area contributed by atoms with E-state index in [0.717, 1.165) is 11.8 Å². The molecule has 5 N–H and O–H groups in total. The Bertz CT molecular complexity index is 2060. The van der Waals surface area contributed by atoms with Crippen molar-refractivity contribution in [2.24, 2.45) is 11.8 Å². The fourth-order valence-electron chi connectivity index (χ4n) is 5.95. The van der Waals surface area contributed by atoms with Crippen molar-refractivity contribution < 1.29 is 65.5 Å². The van der Waals surface area contributed by atoms with Crippen LogP contribution in [0.1, 0.15) is 114 Å². The number of ketones is 2. The number of aliphatic hydroxyl groups is 1. The van der Waals surface area contributed by atoms with Gasteiger partial charge in [-0.05, 0) is 86.1 Å². The number of esters is 2. The highest BCUT2D eigenvalue weighted by atomic mass is 35.5. The summed E-state index contributed by atoms with van der Waals surface area (Å²) in [4.78, 5) is 96.1. The molecular weight excluding hydrogens is 923 g/mol. The lowest BCUT2D eigenvalue weighted by atomic mass is 9.99. The number of anilines is 2. The number of unbranched alkanes of at least 4 members (excludes halogenated alkanes) is 2. The summed E-state index contributed by atoms with van der Waals surface area (Å²) in [6.07, 6.45) is 3.71. The van der Waals surface area contributed by atoms with Gasteiger partial charge in [0.1, 0.15) is 0 Å². The van der Waals surface area contributed by atoms with Crippen LogP contribution in [0.3, 0.4) is 0 Å². The predicted octanol–water partition coefficient (Wildman–Crippen LogP) is 5.36. The van der Waals surface area contributed by atoms with Gasteiger partial charge in [-0.2, -0.15) is 8.42 Å². The van der Waals surface area contributed by atoms with Crippen molar-refractivity contribution in [3.05, 3.63) is 58.7 Å². The Labute approximate surface area is 397 Å². The van der Waals surface area contributed by atoms with E-state index in [2.05, 4.69) is 30.7 Å². The highest BCUT2D eigenvalue weighted by Crippen LogP contribution is 2.21. The normalized spacial score (nSPS) is 12.8. The Morgan fingerprint density at radius 3 is 1.32 bits per heavy atom. The van der Waals surface area contributed by atoms with Crippen LogP contribution in [0, 0.1) is 11.8 Å². The van der Waals surface area contributed by atoms with Crippen molar-refractivity contribution in [1.29, 1.82) is 0 Å². The van der Waals surface area contributed by atoms with E-state index >= 15 is 0 Å². The molecule has 0 fully saturated rings. The number of hydrogen-bond donors (Lipinski definition) is 5. The summed E-state index contributed by atoms with van der Waals surface area (Å²) in [5.74, 6) is -3.47. The molecule has 0 aromatic heterocycles. The van der Waals surface area contributed by atoms with E-state index in [4.69, 9.17) is 27.4 Å². The van der Waals surface area contributed by atoms with Crippen LogP contribution >= 0.6 is 23.2 Å². The van der Waals surface area contributed by atoms with Crippen LogP contribution in [-0.4, -0.2) is 93.2 Å². The van der Waals surface area contributed by atoms with Crippen molar-refractivity contribution >= 4 is 91.8 Å². The zero-order chi connectivity index (χ0) is 50.0. The predicted molar refractivity (Wildman–Crippen MR) is 249 cm³/mol. The molecule has 0 heterocycles. The second kappa shape index (κ2) is 31.1. The number of aliphatic hydroxyl groups excluding tert-OH is 1. The smallest absolute Gasteiger partial charge is 0.305 e. The van der Waals surface area contributed by atoms with E-state index in [1.807, 2.05) is 0 Å². The number of amides is 4. The molecule has 21 heteroatoms. The molecule has 18 nitrogen and oxygen atoms in total. The Morgan fingerprint density at radius 2 is 0.955 bits per heavy atom. The molecule has 0 bridgehead atoms. The zero-order valence-corrected chi connectivity index (χ0v) is 40.9. The second-order valence-electron chi connectivity index (χ2n) is 15.7. The van der Waals surface area contributed by atoms with Gasteiger partial charge in [0, 0.05) is 73.5 Å². The molecule has 4 amide bonds. The maximum atomic E-state index is 12.6. The molecule has 0 saturated carbocycles. The largest absolute Gasteiger partial charge is 0.469 e. The molecule has 0 aliphatic rings. The third-order valence-corrected chi connectivity index (χ3v) is 10.9. The van der Waals surface area contributed by atoms with Gasteiger partial charge in [0.15, 0.2) is 11.6 Å². The van der Waals surface area contributed by atoms with Gasteiger partial charge in [0.05, 0.1) is 45.8 Å². The molecule has 4 atom stereocenters. The van der Waals surface area contributed by atoms with Crippen LogP contribution in [0.2, 0.25) is 0 Å². The minimum Gasteiger partial charge on any atom is -0.469 e. The average molecular weight is 988 g/mol. The number of methoxy groups -OCH3 is 2. The molecule has 0 unspecified atom stereocenters. The molecular formula is C45H64Cl2N4O14S. The van der Waals surface area contributed by atoms with Gasteiger partial charge >= 0.3 is 11.9 Å². The van der Waals surface area contributed by atoms with Crippen LogP contribution in [0.25, 0.3) is 0 Å². The summed E-state index contributed by atoms with van der Waals surface area (Å²) in [7, 11) is -1.03. The van der Waals surface area contributed by atoms with E-state index in [1.54, 1.807) is 64.1 Å². The number of carbonyl (C=O) groups excluding carboxylic acids is 8. The topological polar surface area (TPSA) is 267 Å². The first-order valence-electron chi connectivity index (χ1n) is 21.3. The van der Waals surface area contributed by atoms with Crippen molar-refractivity contribution in [3.8, 4) is 0 Å². The maximum absolute atomic E-state index is 12.6. The van der Waals surface area contributed by atoms with Crippen molar-refractivity contribution in [2.75, 3.05) is 31.1 Å². The molecule has 66 heavy (non-hydrogen) atoms. The quantitative estimate of drug-likeness (QED) is 0.0311. The molecule has 2 rings (SSSR count). The first-order valence-corrected chi connectivity index (χ1v) is 24.1. The molecule has 0 aliphatic heterocycles. The van der Waals surface area contributed by atoms with Crippen LogP contribution in [-0.2, 0) is 87.1 Å². The summed E-state index contributed by atoms with van der Waals surface area (Å²) >= 11 is 11.7. The van der Waals surface area contributed by atoms with Gasteiger partial charge < -0.3 is 35.8 Å². The Balaban J connectivity index is 0.000000665. The van der Waals surface area contributed by atoms with E-state index in [9.17, 15) is 51.9 Å². The lowest BCUT2D eigenvalue weighted by Gasteiger charge is -2.17. The van der Waals surface area contributed by atoms with Crippen LogP contribution in [0.15, 0.2) is 36.4 Å². The van der Waals surface area contributed by atoms with Crippen molar-refractivity contribution in [1.82, 2.24) is 10.6 Å². The number of halogens is 2. The van der Waals surface area contributed by atoms with E-state index in [1.165, 1.54) is 14.2 Å². The number of carbonyl (C=O) groups is 8. The van der Waals surface area contributed by atoms with Crippen LogP contribution < -0.4 is 21.3 Å². The van der Waals surface area contributed by atoms with Gasteiger partial charge in [0.2, 0.25) is 23.6 Å². The Kier molecular flexibility index (Phi) is 27.8. The third kappa shape index (κ3) is 25.1. The van der Waals surface area contributed by atoms with E-state index < -0.39 is 39.9 Å². The SMILES string of the molecule is COC(=O)CCCCC(=O)N[C@@H](C)C(=O)C[C@@H](C)C(=O)Nc1cc(CCl)cc(COS(C)(=O)=O)c1.COC(=O)CCCCC(=O)N[C@@H](C)C(=O)C[C@@H](C)C(=O)Nc1cc(CO)cc(CCl)c1. The molecule has 0 aliphatic carbocycles. The van der Waals surface area contributed by atoms with Crippen molar-refractivity contribution in [3.63, 3.8) is 0 Å². The number of ether oxygens (including phenoxy) is 2. The van der Waals surface area contributed by atoms with Crippen LogP contribution in [0.5, 0.6) is 0 Å². The Morgan fingerprint density at radius 1 is 0.591 bits per heavy atom. The fourth-order valence-corrected chi connectivity index (χ4v) is 6.61. The summed E-state index contributed by atoms with van der Waals surface area (Å²) in [5, 5.41) is 20.0. The monoisotopic (exact) mass is 986 g/mol. The number of nitrogens with one attached hydrogen (secondary N) is 4. The summed E-state index contributed by atoms with van der Waals surface area (Å²) < 4.78 is 36.4. The van der Waals surface area contributed by atoms with Gasteiger partial charge in [0.25, 0.3) is 10.1 Å². The first kappa shape index (κ1) is 59.1. The molecule has 2 aromatic rings. The average Bonchev–Trinajstić information content (AvgIpc) is 3.27. The molecule has 0 radical (unpaired) electrons. The number of hydrogen-bond acceptors (Lipinski definition) is 14. The number of rotatable bonds is 28. The lowest BCUT2D eigenvalue weighted by Crippen LogP contribution is -2.39. The molecule has 0 spiro atoms. The van der Waals surface area contributed by atoms with Gasteiger partial charge in [-0.25, -0.2) is 0 Å². The zero-order valence-electron chi connectivity index (χ0n) is 38.6. The van der Waals surface area contributed by atoms with Gasteiger partial charge in [-0.1, -0.05) is 26.0 Å². The molecule has 368 valence electrons. The molecule has 2 aromatic carbocycles. The fraction of sp³-hybridized carbons (Fsp3) is 0.556. The highest BCUT2D eigenvalue weighted by Gasteiger charge is 2.24. The number of alkyl halides is 2. The molecule has 0 saturated heterocycles. The van der Waals surface area contributed by atoms with Crippen molar-refractivity contribution in [2.45, 2.75) is 129 Å². The highest BCUT2D eigenvalue weighted by molar-refractivity contribution is 7.85. The lowest BCUT2D eigenvalue weighted by molar-refractivity contribution is -0.141. The first-order chi connectivity index (χ1) is 31.0. The third-order valence-electron chi connectivity index (χ3n) is 9.73. The van der Waals surface area contributed by atoms with Gasteiger partial charge in [-0.15, -0.1) is 23.2 Å². The van der Waals surface area contributed by atoms with E-state index in [0.29, 0.717) is 53.7 Å². The summed E-state index contributed by atoms with van der Waals surface area (Å²) in [6, 6.07) is 8.49.